The molecule has 1 heterocycles. The minimum atomic E-state index is 0.235. The first-order chi connectivity index (χ1) is 8.88. The molecule has 0 spiro atoms. The summed E-state index contributed by atoms with van der Waals surface area (Å²) in [5.41, 5.74) is 3.37. The molecule has 1 aromatic heterocycles. The number of aliphatic hydroxyl groups excluding tert-OH is 1. The predicted octanol–water partition coefficient (Wildman–Crippen LogP) is 2.01. The third kappa shape index (κ3) is 3.82. The standard InChI is InChI=1S/C14H17N3O/c18-6-2-4-12-3-1-5-14(7-12)17-10-13-8-15-11-16-9-13/h1,3,5,7-9,11,17-18H,2,4,6,10H2. The molecule has 0 aliphatic rings. The van der Waals surface area contributed by atoms with Crippen molar-refractivity contribution in [2.45, 2.75) is 19.4 Å². The van der Waals surface area contributed by atoms with Crippen molar-refractivity contribution >= 4 is 5.69 Å². The fraction of sp³-hybridized carbons (Fsp3) is 0.286. The summed E-state index contributed by atoms with van der Waals surface area (Å²) >= 11 is 0. The molecule has 94 valence electrons. The Morgan fingerprint density at radius 2 is 1.94 bits per heavy atom. The van der Waals surface area contributed by atoms with E-state index in [4.69, 9.17) is 5.11 Å². The number of aryl methyl sites for hydroxylation is 1. The molecule has 0 unspecified atom stereocenters. The maximum Gasteiger partial charge on any atom is 0.115 e. The van der Waals surface area contributed by atoms with Gasteiger partial charge in [-0.15, -0.1) is 0 Å². The molecule has 1 aromatic carbocycles. The van der Waals surface area contributed by atoms with E-state index in [1.54, 1.807) is 12.4 Å². The second kappa shape index (κ2) is 6.71. The molecule has 18 heavy (non-hydrogen) atoms. The van der Waals surface area contributed by atoms with Crippen LogP contribution in [0.25, 0.3) is 0 Å². The molecule has 0 atom stereocenters. The highest BCUT2D eigenvalue weighted by Crippen LogP contribution is 2.13. The number of aromatic nitrogens is 2. The van der Waals surface area contributed by atoms with Crippen LogP contribution in [0.4, 0.5) is 5.69 Å². The second-order valence-corrected chi connectivity index (χ2v) is 4.13. The molecule has 2 rings (SSSR count). The summed E-state index contributed by atoms with van der Waals surface area (Å²) in [6.45, 7) is 0.948. The molecule has 0 saturated carbocycles. The Morgan fingerprint density at radius 3 is 2.72 bits per heavy atom. The second-order valence-electron chi connectivity index (χ2n) is 4.13. The Hall–Kier alpha value is -1.94. The average molecular weight is 243 g/mol. The van der Waals surface area contributed by atoms with Gasteiger partial charge in [0.25, 0.3) is 0 Å². The summed E-state index contributed by atoms with van der Waals surface area (Å²) in [5, 5.41) is 12.2. The van der Waals surface area contributed by atoms with Crippen LogP contribution in [0, 0.1) is 0 Å². The van der Waals surface area contributed by atoms with Gasteiger partial charge >= 0.3 is 0 Å². The molecule has 0 aliphatic heterocycles. The number of rotatable bonds is 6. The molecule has 2 aromatic rings. The topological polar surface area (TPSA) is 58.0 Å². The minimum Gasteiger partial charge on any atom is -0.396 e. The van der Waals surface area contributed by atoms with E-state index < -0.39 is 0 Å². The van der Waals surface area contributed by atoms with Crippen molar-refractivity contribution in [3.8, 4) is 0 Å². The lowest BCUT2D eigenvalue weighted by molar-refractivity contribution is 0.288. The van der Waals surface area contributed by atoms with Crippen LogP contribution in [0.3, 0.4) is 0 Å². The van der Waals surface area contributed by atoms with Gasteiger partial charge in [-0.05, 0) is 30.5 Å². The van der Waals surface area contributed by atoms with Crippen LogP contribution in [-0.4, -0.2) is 21.7 Å². The fourth-order valence-electron chi connectivity index (χ4n) is 1.75. The number of hydrogen-bond donors (Lipinski definition) is 2. The molecule has 2 N–H and O–H groups in total. The number of hydrogen-bond acceptors (Lipinski definition) is 4. The van der Waals surface area contributed by atoms with Crippen molar-refractivity contribution in [1.82, 2.24) is 9.97 Å². The van der Waals surface area contributed by atoms with Gasteiger partial charge in [-0.2, -0.15) is 0 Å². The van der Waals surface area contributed by atoms with Gasteiger partial charge in [-0.25, -0.2) is 9.97 Å². The van der Waals surface area contributed by atoms with Gasteiger partial charge in [-0.3, -0.25) is 0 Å². The summed E-state index contributed by atoms with van der Waals surface area (Å²) < 4.78 is 0. The van der Waals surface area contributed by atoms with Gasteiger partial charge in [-0.1, -0.05) is 12.1 Å². The SMILES string of the molecule is OCCCc1cccc(NCc2cncnc2)c1. The van der Waals surface area contributed by atoms with Gasteiger partial charge in [0.1, 0.15) is 6.33 Å². The van der Waals surface area contributed by atoms with Crippen molar-refractivity contribution in [1.29, 1.82) is 0 Å². The van der Waals surface area contributed by atoms with E-state index in [0.717, 1.165) is 24.1 Å². The molecule has 0 fully saturated rings. The van der Waals surface area contributed by atoms with Crippen molar-refractivity contribution in [2.24, 2.45) is 0 Å². The monoisotopic (exact) mass is 243 g/mol. The largest absolute Gasteiger partial charge is 0.396 e. The maximum absolute atomic E-state index is 8.82. The van der Waals surface area contributed by atoms with Gasteiger partial charge in [0.2, 0.25) is 0 Å². The van der Waals surface area contributed by atoms with E-state index in [1.807, 2.05) is 12.1 Å². The van der Waals surface area contributed by atoms with E-state index in [-0.39, 0.29) is 6.61 Å². The Bertz CT molecular complexity index is 473. The summed E-state index contributed by atoms with van der Waals surface area (Å²) in [5.74, 6) is 0. The van der Waals surface area contributed by atoms with Gasteiger partial charge in [0, 0.05) is 36.8 Å². The highest BCUT2D eigenvalue weighted by atomic mass is 16.2. The smallest absolute Gasteiger partial charge is 0.115 e. The first kappa shape index (κ1) is 12.5. The molecule has 0 saturated heterocycles. The normalized spacial score (nSPS) is 10.3. The van der Waals surface area contributed by atoms with Crippen molar-refractivity contribution in [2.75, 3.05) is 11.9 Å². The zero-order valence-corrected chi connectivity index (χ0v) is 10.2. The molecule has 4 heteroatoms. The zero-order chi connectivity index (χ0) is 12.6. The van der Waals surface area contributed by atoms with Crippen LogP contribution >= 0.6 is 0 Å². The van der Waals surface area contributed by atoms with Crippen molar-refractivity contribution in [3.05, 3.63) is 54.1 Å². The highest BCUT2D eigenvalue weighted by Gasteiger charge is 1.97. The molecule has 0 bridgehead atoms. The Morgan fingerprint density at radius 1 is 1.11 bits per heavy atom. The summed E-state index contributed by atoms with van der Waals surface area (Å²) in [6.07, 6.45) is 6.83. The number of benzene rings is 1. The van der Waals surface area contributed by atoms with E-state index in [0.29, 0.717) is 6.54 Å². The van der Waals surface area contributed by atoms with Gasteiger partial charge < -0.3 is 10.4 Å². The zero-order valence-electron chi connectivity index (χ0n) is 10.2. The van der Waals surface area contributed by atoms with Crippen LogP contribution in [0.2, 0.25) is 0 Å². The summed E-state index contributed by atoms with van der Waals surface area (Å²) in [7, 11) is 0. The Balaban J connectivity index is 1.93. The Kier molecular flexibility index (Phi) is 4.67. The molecular weight excluding hydrogens is 226 g/mol. The third-order valence-electron chi connectivity index (χ3n) is 2.66. The van der Waals surface area contributed by atoms with Crippen molar-refractivity contribution in [3.63, 3.8) is 0 Å². The van der Waals surface area contributed by atoms with Crippen LogP contribution in [0.15, 0.2) is 43.0 Å². The fourth-order valence-corrected chi connectivity index (χ4v) is 1.75. The molecular formula is C14H17N3O. The number of nitrogens with zero attached hydrogens (tertiary/aromatic N) is 2. The lowest BCUT2D eigenvalue weighted by Gasteiger charge is -2.08. The lowest BCUT2D eigenvalue weighted by atomic mass is 10.1. The third-order valence-corrected chi connectivity index (χ3v) is 2.66. The van der Waals surface area contributed by atoms with E-state index in [2.05, 4.69) is 27.4 Å². The maximum atomic E-state index is 8.82. The van der Waals surface area contributed by atoms with Crippen LogP contribution < -0.4 is 5.32 Å². The highest BCUT2D eigenvalue weighted by molar-refractivity contribution is 5.46. The van der Waals surface area contributed by atoms with E-state index in [9.17, 15) is 0 Å². The number of nitrogens with one attached hydrogen (secondary N) is 1. The average Bonchev–Trinajstić information content (AvgIpc) is 2.44. The summed E-state index contributed by atoms with van der Waals surface area (Å²) in [4.78, 5) is 7.95. The van der Waals surface area contributed by atoms with Crippen LogP contribution in [0.5, 0.6) is 0 Å². The number of anilines is 1. The predicted molar refractivity (Wildman–Crippen MR) is 71.2 cm³/mol. The van der Waals surface area contributed by atoms with Gasteiger partial charge in [0.15, 0.2) is 0 Å². The number of aliphatic hydroxyl groups is 1. The molecule has 0 radical (unpaired) electrons. The van der Waals surface area contributed by atoms with E-state index in [1.165, 1.54) is 11.9 Å². The summed E-state index contributed by atoms with van der Waals surface area (Å²) in [6, 6.07) is 8.24. The van der Waals surface area contributed by atoms with Gasteiger partial charge in [0.05, 0.1) is 0 Å². The Labute approximate surface area is 107 Å². The first-order valence-corrected chi connectivity index (χ1v) is 6.06. The lowest BCUT2D eigenvalue weighted by Crippen LogP contribution is -2.01. The van der Waals surface area contributed by atoms with Crippen LogP contribution in [0.1, 0.15) is 17.5 Å². The molecule has 0 amide bonds. The molecule has 4 nitrogen and oxygen atoms in total. The quantitative estimate of drug-likeness (QED) is 0.815. The van der Waals surface area contributed by atoms with Crippen LogP contribution in [-0.2, 0) is 13.0 Å². The molecule has 0 aliphatic carbocycles. The van der Waals surface area contributed by atoms with Crippen molar-refractivity contribution < 1.29 is 5.11 Å². The first-order valence-electron chi connectivity index (χ1n) is 6.06. The minimum absolute atomic E-state index is 0.235. The van der Waals surface area contributed by atoms with E-state index >= 15 is 0 Å².